The molecule has 1 aromatic heterocycles. The molecular weight excluding hydrogens is 268 g/mol. The van der Waals surface area contributed by atoms with Gasteiger partial charge in [0.25, 0.3) is 5.56 Å². The van der Waals surface area contributed by atoms with Gasteiger partial charge in [-0.1, -0.05) is 6.42 Å². The Labute approximate surface area is 124 Å². The topological polar surface area (TPSA) is 59.3 Å². The number of rotatable bonds is 3. The van der Waals surface area contributed by atoms with Gasteiger partial charge in [0.05, 0.1) is 0 Å². The van der Waals surface area contributed by atoms with Crippen LogP contribution in [-0.4, -0.2) is 39.2 Å². The van der Waals surface area contributed by atoms with Crippen LogP contribution in [0, 0.1) is 0 Å². The molecule has 3 heterocycles. The second-order valence-electron chi connectivity index (χ2n) is 6.25. The van der Waals surface area contributed by atoms with Gasteiger partial charge in [0.15, 0.2) is 0 Å². The summed E-state index contributed by atoms with van der Waals surface area (Å²) in [5.74, 6) is 0. The van der Waals surface area contributed by atoms with E-state index in [1.54, 1.807) is 17.7 Å². The number of hydrogen-bond donors (Lipinski definition) is 1. The molecule has 2 unspecified atom stereocenters. The highest BCUT2D eigenvalue weighted by Gasteiger charge is 2.34. The molecule has 6 heteroatoms. The third-order valence-corrected chi connectivity index (χ3v) is 5.03. The molecule has 1 N–H and O–H groups in total. The monoisotopic (exact) mass is 292 g/mol. The summed E-state index contributed by atoms with van der Waals surface area (Å²) in [6.45, 7) is 2.96. The van der Waals surface area contributed by atoms with Crippen molar-refractivity contribution < 1.29 is 0 Å². The second kappa shape index (κ2) is 5.77. The van der Waals surface area contributed by atoms with Crippen LogP contribution in [0.4, 0.5) is 0 Å². The van der Waals surface area contributed by atoms with E-state index >= 15 is 0 Å². The molecule has 0 amide bonds. The molecule has 0 aliphatic carbocycles. The van der Waals surface area contributed by atoms with Crippen LogP contribution >= 0.6 is 0 Å². The third-order valence-electron chi connectivity index (χ3n) is 5.03. The Morgan fingerprint density at radius 3 is 2.76 bits per heavy atom. The quantitative estimate of drug-likeness (QED) is 0.838. The first-order chi connectivity index (χ1) is 10.1. The summed E-state index contributed by atoms with van der Waals surface area (Å²) in [7, 11) is 3.24. The number of nitrogens with one attached hydrogen (secondary N) is 1. The molecule has 2 saturated heterocycles. The van der Waals surface area contributed by atoms with Crippen LogP contribution in [0.25, 0.3) is 0 Å². The van der Waals surface area contributed by atoms with Crippen LogP contribution < -0.4 is 16.6 Å². The largest absolute Gasteiger partial charge is 0.330 e. The zero-order valence-electron chi connectivity index (χ0n) is 12.8. The highest BCUT2D eigenvalue weighted by molar-refractivity contribution is 5.03. The highest BCUT2D eigenvalue weighted by atomic mass is 16.2. The van der Waals surface area contributed by atoms with Crippen molar-refractivity contribution in [3.8, 4) is 0 Å². The molecule has 3 rings (SSSR count). The summed E-state index contributed by atoms with van der Waals surface area (Å²) in [5.41, 5.74) is 0.267. The Bertz CT molecular complexity index is 634. The molecule has 116 valence electrons. The standard InChI is InChI=1S/C15H24N4O2/c1-17-11(9-14(20)18(2)15(17)21)10-16-12-6-8-19-7-4-3-5-13(12)19/h9,12-13,16H,3-8,10H2,1-2H3. The van der Waals surface area contributed by atoms with Crippen LogP contribution in [0.1, 0.15) is 31.4 Å². The lowest BCUT2D eigenvalue weighted by Gasteiger charge is -2.32. The van der Waals surface area contributed by atoms with Gasteiger partial charge in [-0.2, -0.15) is 0 Å². The van der Waals surface area contributed by atoms with Crippen LogP contribution in [0.15, 0.2) is 15.7 Å². The van der Waals surface area contributed by atoms with Crippen molar-refractivity contribution in [2.45, 2.75) is 44.3 Å². The minimum absolute atomic E-state index is 0.236. The zero-order chi connectivity index (χ0) is 15.0. The minimum Gasteiger partial charge on any atom is -0.307 e. The Kier molecular flexibility index (Phi) is 3.99. The number of aromatic nitrogens is 2. The van der Waals surface area contributed by atoms with Crippen molar-refractivity contribution >= 4 is 0 Å². The van der Waals surface area contributed by atoms with Crippen LogP contribution in [0.3, 0.4) is 0 Å². The van der Waals surface area contributed by atoms with Gasteiger partial charge in [-0.3, -0.25) is 18.8 Å². The van der Waals surface area contributed by atoms with E-state index in [-0.39, 0.29) is 11.2 Å². The Hall–Kier alpha value is -1.40. The van der Waals surface area contributed by atoms with E-state index in [9.17, 15) is 9.59 Å². The maximum atomic E-state index is 11.9. The van der Waals surface area contributed by atoms with E-state index in [0.717, 1.165) is 23.2 Å². The van der Waals surface area contributed by atoms with E-state index in [0.29, 0.717) is 18.6 Å². The molecule has 1 aromatic rings. The van der Waals surface area contributed by atoms with Crippen molar-refractivity contribution in [3.63, 3.8) is 0 Å². The maximum Gasteiger partial charge on any atom is 0.330 e. The van der Waals surface area contributed by atoms with Crippen LogP contribution in [-0.2, 0) is 20.6 Å². The van der Waals surface area contributed by atoms with Gasteiger partial charge in [0.1, 0.15) is 0 Å². The van der Waals surface area contributed by atoms with E-state index in [2.05, 4.69) is 10.2 Å². The van der Waals surface area contributed by atoms with E-state index in [1.807, 2.05) is 0 Å². The zero-order valence-corrected chi connectivity index (χ0v) is 12.8. The lowest BCUT2D eigenvalue weighted by atomic mass is 9.99. The lowest BCUT2D eigenvalue weighted by molar-refractivity contribution is 0.180. The third kappa shape index (κ3) is 2.70. The molecule has 0 bridgehead atoms. The first-order valence-corrected chi connectivity index (χ1v) is 7.81. The van der Waals surface area contributed by atoms with Gasteiger partial charge in [-0.25, -0.2) is 4.79 Å². The molecule has 0 spiro atoms. The summed E-state index contributed by atoms with van der Waals surface area (Å²) in [5, 5.41) is 3.56. The smallest absolute Gasteiger partial charge is 0.307 e. The second-order valence-corrected chi connectivity index (χ2v) is 6.25. The number of fused-ring (bicyclic) bond motifs is 1. The molecule has 6 nitrogen and oxygen atoms in total. The van der Waals surface area contributed by atoms with Gasteiger partial charge in [0.2, 0.25) is 0 Å². The summed E-state index contributed by atoms with van der Waals surface area (Å²) >= 11 is 0. The molecule has 2 fully saturated rings. The average Bonchev–Trinajstić information content (AvgIpc) is 2.91. The van der Waals surface area contributed by atoms with Crippen molar-refractivity contribution in [1.82, 2.24) is 19.4 Å². The maximum absolute atomic E-state index is 11.9. The van der Waals surface area contributed by atoms with Crippen molar-refractivity contribution in [2.24, 2.45) is 14.1 Å². The normalized spacial score (nSPS) is 26.0. The number of nitrogens with zero attached hydrogens (tertiary/aromatic N) is 3. The van der Waals surface area contributed by atoms with Gasteiger partial charge in [0, 0.05) is 51.0 Å². The molecule has 0 saturated carbocycles. The molecule has 2 atom stereocenters. The summed E-state index contributed by atoms with van der Waals surface area (Å²) < 4.78 is 2.70. The molecular formula is C15H24N4O2. The van der Waals surface area contributed by atoms with Gasteiger partial charge in [-0.15, -0.1) is 0 Å². The van der Waals surface area contributed by atoms with Gasteiger partial charge < -0.3 is 5.32 Å². The van der Waals surface area contributed by atoms with Gasteiger partial charge >= 0.3 is 5.69 Å². The fourth-order valence-electron chi connectivity index (χ4n) is 3.67. The van der Waals surface area contributed by atoms with E-state index in [1.165, 1.54) is 32.9 Å². The van der Waals surface area contributed by atoms with Crippen LogP contribution in [0.2, 0.25) is 0 Å². The predicted molar refractivity (Wildman–Crippen MR) is 81.4 cm³/mol. The molecule has 21 heavy (non-hydrogen) atoms. The lowest BCUT2D eigenvalue weighted by Crippen LogP contribution is -2.45. The van der Waals surface area contributed by atoms with E-state index in [4.69, 9.17) is 0 Å². The summed E-state index contributed by atoms with van der Waals surface area (Å²) in [4.78, 5) is 26.2. The minimum atomic E-state index is -0.259. The Morgan fingerprint density at radius 1 is 1.14 bits per heavy atom. The predicted octanol–water partition coefficient (Wildman–Crippen LogP) is -0.200. The number of hydrogen-bond acceptors (Lipinski definition) is 4. The molecule has 2 aliphatic heterocycles. The van der Waals surface area contributed by atoms with Crippen molar-refractivity contribution in [2.75, 3.05) is 13.1 Å². The van der Waals surface area contributed by atoms with Gasteiger partial charge in [-0.05, 0) is 25.8 Å². The highest BCUT2D eigenvalue weighted by Crippen LogP contribution is 2.27. The Morgan fingerprint density at radius 2 is 1.95 bits per heavy atom. The molecule has 0 radical (unpaired) electrons. The summed E-state index contributed by atoms with van der Waals surface area (Å²) in [6.07, 6.45) is 5.03. The first kappa shape index (κ1) is 14.5. The van der Waals surface area contributed by atoms with Crippen LogP contribution in [0.5, 0.6) is 0 Å². The fraction of sp³-hybridized carbons (Fsp3) is 0.733. The van der Waals surface area contributed by atoms with Crippen molar-refractivity contribution in [3.05, 3.63) is 32.6 Å². The Balaban J connectivity index is 1.71. The molecule has 0 aromatic carbocycles. The number of piperidine rings is 1. The SMILES string of the molecule is Cn1c(CNC2CCN3CCCCC23)cc(=O)n(C)c1=O. The fourth-order valence-corrected chi connectivity index (χ4v) is 3.67. The summed E-state index contributed by atoms with van der Waals surface area (Å²) in [6, 6.07) is 2.66. The van der Waals surface area contributed by atoms with E-state index < -0.39 is 0 Å². The first-order valence-electron chi connectivity index (χ1n) is 7.81. The van der Waals surface area contributed by atoms with Crippen molar-refractivity contribution in [1.29, 1.82) is 0 Å². The molecule has 2 aliphatic rings. The average molecular weight is 292 g/mol.